The van der Waals surface area contributed by atoms with E-state index in [-0.39, 0.29) is 5.41 Å². The lowest BCUT2D eigenvalue weighted by Gasteiger charge is -2.51. The fourth-order valence-electron chi connectivity index (χ4n) is 2.54. The standard InChI is InChI=1S/C13H28N2O/c1-10(6-5-7-14)9-15-11-8-12(16-4)13(11,2)3/h10-12,15H,5-9,14H2,1-4H3. The molecule has 96 valence electrons. The Morgan fingerprint density at radius 1 is 1.50 bits per heavy atom. The van der Waals surface area contributed by atoms with Gasteiger partial charge < -0.3 is 15.8 Å². The van der Waals surface area contributed by atoms with Gasteiger partial charge >= 0.3 is 0 Å². The fourth-order valence-corrected chi connectivity index (χ4v) is 2.54. The summed E-state index contributed by atoms with van der Waals surface area (Å²) >= 11 is 0. The molecule has 3 heteroatoms. The summed E-state index contributed by atoms with van der Waals surface area (Å²) in [6.45, 7) is 8.78. The van der Waals surface area contributed by atoms with Gasteiger partial charge in [0.2, 0.25) is 0 Å². The Balaban J connectivity index is 2.20. The molecule has 0 heterocycles. The Morgan fingerprint density at radius 2 is 2.19 bits per heavy atom. The van der Waals surface area contributed by atoms with Gasteiger partial charge in [0.1, 0.15) is 0 Å². The zero-order valence-corrected chi connectivity index (χ0v) is 11.3. The minimum atomic E-state index is 0.280. The van der Waals surface area contributed by atoms with Gasteiger partial charge in [0, 0.05) is 18.6 Å². The minimum Gasteiger partial charge on any atom is -0.381 e. The number of hydrogen-bond acceptors (Lipinski definition) is 3. The van der Waals surface area contributed by atoms with Crippen molar-refractivity contribution in [3.63, 3.8) is 0 Å². The van der Waals surface area contributed by atoms with Crippen LogP contribution in [0.5, 0.6) is 0 Å². The number of nitrogens with two attached hydrogens (primary N) is 1. The minimum absolute atomic E-state index is 0.280. The molecule has 0 aromatic carbocycles. The monoisotopic (exact) mass is 228 g/mol. The van der Waals surface area contributed by atoms with Crippen LogP contribution in [0.3, 0.4) is 0 Å². The maximum Gasteiger partial charge on any atom is 0.0652 e. The third kappa shape index (κ3) is 3.19. The third-order valence-corrected chi connectivity index (χ3v) is 4.08. The SMILES string of the molecule is COC1CC(NCC(C)CCCN)C1(C)C. The summed E-state index contributed by atoms with van der Waals surface area (Å²) in [6.07, 6.45) is 3.93. The fraction of sp³-hybridized carbons (Fsp3) is 1.00. The Morgan fingerprint density at radius 3 is 2.69 bits per heavy atom. The molecule has 3 N–H and O–H groups in total. The van der Waals surface area contributed by atoms with Crippen LogP contribution in [0.15, 0.2) is 0 Å². The summed E-state index contributed by atoms with van der Waals surface area (Å²) in [5.41, 5.74) is 5.79. The highest BCUT2D eigenvalue weighted by molar-refractivity contribution is 5.02. The van der Waals surface area contributed by atoms with Gasteiger partial charge in [-0.3, -0.25) is 0 Å². The number of methoxy groups -OCH3 is 1. The van der Waals surface area contributed by atoms with Crippen molar-refractivity contribution in [1.82, 2.24) is 5.32 Å². The van der Waals surface area contributed by atoms with E-state index in [1.54, 1.807) is 0 Å². The van der Waals surface area contributed by atoms with Gasteiger partial charge in [-0.15, -0.1) is 0 Å². The Bertz CT molecular complexity index is 206. The molecule has 0 aromatic heterocycles. The van der Waals surface area contributed by atoms with Crippen molar-refractivity contribution in [3.05, 3.63) is 0 Å². The first-order chi connectivity index (χ1) is 7.52. The molecule has 0 aliphatic heterocycles. The van der Waals surface area contributed by atoms with E-state index in [9.17, 15) is 0 Å². The second-order valence-corrected chi connectivity index (χ2v) is 5.78. The molecule has 3 atom stereocenters. The van der Waals surface area contributed by atoms with Crippen LogP contribution in [0.4, 0.5) is 0 Å². The van der Waals surface area contributed by atoms with Gasteiger partial charge in [0.05, 0.1) is 6.10 Å². The van der Waals surface area contributed by atoms with E-state index in [0.717, 1.165) is 31.8 Å². The molecule has 3 unspecified atom stereocenters. The molecule has 0 spiro atoms. The number of ether oxygens (including phenoxy) is 1. The molecule has 0 amide bonds. The van der Waals surface area contributed by atoms with Gasteiger partial charge in [-0.05, 0) is 38.3 Å². The average molecular weight is 228 g/mol. The molecule has 0 bridgehead atoms. The molecule has 1 saturated carbocycles. The van der Waals surface area contributed by atoms with Gasteiger partial charge in [-0.1, -0.05) is 20.8 Å². The van der Waals surface area contributed by atoms with Crippen molar-refractivity contribution >= 4 is 0 Å². The molecule has 3 nitrogen and oxygen atoms in total. The lowest BCUT2D eigenvalue weighted by molar-refractivity contribution is -0.0980. The van der Waals surface area contributed by atoms with E-state index in [4.69, 9.17) is 10.5 Å². The van der Waals surface area contributed by atoms with E-state index in [1.165, 1.54) is 6.42 Å². The van der Waals surface area contributed by atoms with E-state index in [2.05, 4.69) is 26.1 Å². The maximum absolute atomic E-state index is 5.51. The Kier molecular flexibility index (Phi) is 5.22. The molecule has 16 heavy (non-hydrogen) atoms. The zero-order valence-electron chi connectivity index (χ0n) is 11.3. The summed E-state index contributed by atoms with van der Waals surface area (Å²) in [5.74, 6) is 0.723. The van der Waals surface area contributed by atoms with E-state index >= 15 is 0 Å². The molecule has 0 aromatic rings. The number of nitrogens with one attached hydrogen (secondary N) is 1. The zero-order chi connectivity index (χ0) is 12.2. The smallest absolute Gasteiger partial charge is 0.0652 e. The van der Waals surface area contributed by atoms with Crippen LogP contribution < -0.4 is 11.1 Å². The van der Waals surface area contributed by atoms with Crippen LogP contribution in [0, 0.1) is 11.3 Å². The second kappa shape index (κ2) is 5.99. The normalized spacial score (nSPS) is 29.8. The van der Waals surface area contributed by atoms with Crippen LogP contribution in [-0.2, 0) is 4.74 Å². The summed E-state index contributed by atoms with van der Waals surface area (Å²) in [7, 11) is 1.81. The van der Waals surface area contributed by atoms with Crippen LogP contribution in [-0.4, -0.2) is 32.3 Å². The van der Waals surface area contributed by atoms with Gasteiger partial charge in [-0.2, -0.15) is 0 Å². The van der Waals surface area contributed by atoms with Crippen molar-refractivity contribution in [3.8, 4) is 0 Å². The summed E-state index contributed by atoms with van der Waals surface area (Å²) in [5, 5.41) is 3.66. The van der Waals surface area contributed by atoms with Crippen LogP contribution in [0.1, 0.15) is 40.0 Å². The molecular formula is C13H28N2O. The van der Waals surface area contributed by atoms with E-state index in [0.29, 0.717) is 12.1 Å². The predicted octanol–water partition coefficient (Wildman–Crippen LogP) is 1.76. The first-order valence-electron chi connectivity index (χ1n) is 6.48. The van der Waals surface area contributed by atoms with E-state index < -0.39 is 0 Å². The molecule has 0 saturated heterocycles. The average Bonchev–Trinajstić information content (AvgIpc) is 2.25. The van der Waals surface area contributed by atoms with Crippen molar-refractivity contribution < 1.29 is 4.74 Å². The highest BCUT2D eigenvalue weighted by Crippen LogP contribution is 2.42. The lowest BCUT2D eigenvalue weighted by Crippen LogP contribution is -2.61. The van der Waals surface area contributed by atoms with Crippen molar-refractivity contribution in [2.75, 3.05) is 20.2 Å². The number of rotatable bonds is 7. The third-order valence-electron chi connectivity index (χ3n) is 4.08. The van der Waals surface area contributed by atoms with Gasteiger partial charge in [0.25, 0.3) is 0 Å². The van der Waals surface area contributed by atoms with E-state index in [1.807, 2.05) is 7.11 Å². The Hall–Kier alpha value is -0.120. The van der Waals surface area contributed by atoms with Gasteiger partial charge in [0.15, 0.2) is 0 Å². The van der Waals surface area contributed by atoms with Crippen LogP contribution in [0.25, 0.3) is 0 Å². The summed E-state index contributed by atoms with van der Waals surface area (Å²) < 4.78 is 5.45. The summed E-state index contributed by atoms with van der Waals surface area (Å²) in [4.78, 5) is 0. The molecular weight excluding hydrogens is 200 g/mol. The van der Waals surface area contributed by atoms with Crippen LogP contribution in [0.2, 0.25) is 0 Å². The molecule has 1 aliphatic rings. The molecule has 1 rings (SSSR count). The van der Waals surface area contributed by atoms with Gasteiger partial charge in [-0.25, -0.2) is 0 Å². The van der Waals surface area contributed by atoms with Crippen molar-refractivity contribution in [2.45, 2.75) is 52.2 Å². The quantitative estimate of drug-likeness (QED) is 0.698. The molecule has 1 fully saturated rings. The first kappa shape index (κ1) is 13.9. The molecule has 1 aliphatic carbocycles. The van der Waals surface area contributed by atoms with Crippen molar-refractivity contribution in [2.24, 2.45) is 17.1 Å². The Labute approximate surface area is 100 Å². The van der Waals surface area contributed by atoms with Crippen molar-refractivity contribution in [1.29, 1.82) is 0 Å². The lowest BCUT2D eigenvalue weighted by atomic mass is 9.64. The number of hydrogen-bond donors (Lipinski definition) is 2. The summed E-state index contributed by atoms with van der Waals surface area (Å²) in [6, 6.07) is 0.609. The highest BCUT2D eigenvalue weighted by Gasteiger charge is 2.48. The second-order valence-electron chi connectivity index (χ2n) is 5.78. The highest BCUT2D eigenvalue weighted by atomic mass is 16.5. The van der Waals surface area contributed by atoms with Crippen LogP contribution >= 0.6 is 0 Å². The largest absolute Gasteiger partial charge is 0.381 e. The topological polar surface area (TPSA) is 47.3 Å². The maximum atomic E-state index is 5.51. The predicted molar refractivity (Wildman–Crippen MR) is 68.4 cm³/mol. The first-order valence-corrected chi connectivity index (χ1v) is 6.48. The molecule has 0 radical (unpaired) electrons.